The standard InChI is InChI=1S/C14H14N4O2/c1-7-8(2)18-20-14(7)17-13(19)11-6-16-12-4-3-9(15)5-10(11)12/h3-6,16H,15H2,1-2H3,(H,17,19). The van der Waals surface area contributed by atoms with Gasteiger partial charge in [-0.05, 0) is 32.0 Å². The third kappa shape index (κ3) is 1.91. The van der Waals surface area contributed by atoms with Crippen LogP contribution in [0.15, 0.2) is 28.9 Å². The minimum Gasteiger partial charge on any atom is -0.399 e. The van der Waals surface area contributed by atoms with Crippen LogP contribution in [0.2, 0.25) is 0 Å². The molecule has 0 bridgehead atoms. The topological polar surface area (TPSA) is 96.9 Å². The average Bonchev–Trinajstić information content (AvgIpc) is 2.96. The van der Waals surface area contributed by atoms with Crippen molar-refractivity contribution in [2.24, 2.45) is 0 Å². The number of nitrogens with zero attached hydrogens (tertiary/aromatic N) is 1. The Hall–Kier alpha value is -2.76. The molecule has 0 spiro atoms. The largest absolute Gasteiger partial charge is 0.399 e. The number of H-pyrrole nitrogens is 1. The van der Waals surface area contributed by atoms with Crippen LogP contribution in [0, 0.1) is 13.8 Å². The number of aryl methyl sites for hydroxylation is 1. The molecule has 102 valence electrons. The highest BCUT2D eigenvalue weighted by molar-refractivity contribution is 6.13. The average molecular weight is 270 g/mol. The van der Waals surface area contributed by atoms with Crippen molar-refractivity contribution in [2.75, 3.05) is 11.1 Å². The van der Waals surface area contributed by atoms with Gasteiger partial charge in [-0.25, -0.2) is 0 Å². The molecular weight excluding hydrogens is 256 g/mol. The number of hydrogen-bond donors (Lipinski definition) is 3. The van der Waals surface area contributed by atoms with Crippen LogP contribution in [-0.2, 0) is 0 Å². The van der Waals surface area contributed by atoms with Gasteiger partial charge >= 0.3 is 0 Å². The van der Waals surface area contributed by atoms with Crippen molar-refractivity contribution in [3.8, 4) is 0 Å². The number of anilines is 2. The predicted octanol–water partition coefficient (Wildman–Crippen LogP) is 2.61. The maximum atomic E-state index is 12.3. The lowest BCUT2D eigenvalue weighted by Gasteiger charge is -2.01. The Kier molecular flexibility index (Phi) is 2.71. The Morgan fingerprint density at radius 2 is 2.20 bits per heavy atom. The summed E-state index contributed by atoms with van der Waals surface area (Å²) in [6.45, 7) is 3.66. The van der Waals surface area contributed by atoms with Crippen molar-refractivity contribution in [1.82, 2.24) is 10.1 Å². The molecule has 2 aromatic heterocycles. The lowest BCUT2D eigenvalue weighted by molar-refractivity contribution is 0.102. The van der Waals surface area contributed by atoms with E-state index in [0.29, 0.717) is 17.1 Å². The fraction of sp³-hybridized carbons (Fsp3) is 0.143. The van der Waals surface area contributed by atoms with Gasteiger partial charge in [-0.1, -0.05) is 5.16 Å². The third-order valence-corrected chi connectivity index (χ3v) is 3.33. The minimum atomic E-state index is -0.263. The van der Waals surface area contributed by atoms with E-state index in [4.69, 9.17) is 10.3 Å². The van der Waals surface area contributed by atoms with Gasteiger partial charge in [-0.15, -0.1) is 0 Å². The molecule has 0 unspecified atom stereocenters. The van der Waals surface area contributed by atoms with Gasteiger partial charge in [0.2, 0.25) is 5.88 Å². The lowest BCUT2D eigenvalue weighted by Crippen LogP contribution is -2.11. The van der Waals surface area contributed by atoms with E-state index in [9.17, 15) is 4.79 Å². The quantitative estimate of drug-likeness (QED) is 0.623. The van der Waals surface area contributed by atoms with Crippen molar-refractivity contribution in [3.63, 3.8) is 0 Å². The number of carbonyl (C=O) groups excluding carboxylic acids is 1. The Morgan fingerprint density at radius 1 is 1.40 bits per heavy atom. The van der Waals surface area contributed by atoms with E-state index in [-0.39, 0.29) is 5.91 Å². The van der Waals surface area contributed by atoms with E-state index >= 15 is 0 Å². The molecule has 0 aliphatic rings. The molecule has 0 atom stereocenters. The number of carbonyl (C=O) groups is 1. The molecule has 0 radical (unpaired) electrons. The fourth-order valence-corrected chi connectivity index (χ4v) is 2.03. The molecule has 0 saturated heterocycles. The highest BCUT2D eigenvalue weighted by Gasteiger charge is 2.16. The summed E-state index contributed by atoms with van der Waals surface area (Å²) >= 11 is 0. The zero-order valence-corrected chi connectivity index (χ0v) is 11.2. The van der Waals surface area contributed by atoms with Crippen LogP contribution in [0.5, 0.6) is 0 Å². The first-order valence-corrected chi connectivity index (χ1v) is 6.17. The summed E-state index contributed by atoms with van der Waals surface area (Å²) in [5.74, 6) is 0.104. The van der Waals surface area contributed by atoms with Crippen LogP contribution >= 0.6 is 0 Å². The Balaban J connectivity index is 1.97. The van der Waals surface area contributed by atoms with Gasteiger partial charge in [0.05, 0.1) is 11.3 Å². The first kappa shape index (κ1) is 12.3. The molecule has 0 fully saturated rings. The summed E-state index contributed by atoms with van der Waals surface area (Å²) in [5.41, 5.74) is 9.31. The highest BCUT2D eigenvalue weighted by atomic mass is 16.5. The van der Waals surface area contributed by atoms with Crippen LogP contribution in [0.25, 0.3) is 10.9 Å². The molecule has 0 saturated carbocycles. The Labute approximate surface area is 114 Å². The molecule has 0 aliphatic carbocycles. The maximum absolute atomic E-state index is 12.3. The molecule has 4 N–H and O–H groups in total. The summed E-state index contributed by atoms with van der Waals surface area (Å²) < 4.78 is 5.08. The molecule has 3 rings (SSSR count). The first-order chi connectivity index (χ1) is 9.56. The molecule has 6 nitrogen and oxygen atoms in total. The van der Waals surface area contributed by atoms with Crippen LogP contribution < -0.4 is 11.1 Å². The number of hydrogen-bond acceptors (Lipinski definition) is 4. The number of nitrogen functional groups attached to an aromatic ring is 1. The lowest BCUT2D eigenvalue weighted by atomic mass is 10.1. The summed E-state index contributed by atoms with van der Waals surface area (Å²) in [7, 11) is 0. The van der Waals surface area contributed by atoms with E-state index in [0.717, 1.165) is 22.2 Å². The smallest absolute Gasteiger partial charge is 0.260 e. The van der Waals surface area contributed by atoms with Gasteiger partial charge in [0, 0.05) is 28.4 Å². The van der Waals surface area contributed by atoms with E-state index < -0.39 is 0 Å². The third-order valence-electron chi connectivity index (χ3n) is 3.33. The number of aromatic nitrogens is 2. The normalized spacial score (nSPS) is 10.9. The molecule has 0 aliphatic heterocycles. The van der Waals surface area contributed by atoms with Crippen molar-refractivity contribution < 1.29 is 9.32 Å². The molecule has 1 amide bonds. The van der Waals surface area contributed by atoms with E-state index in [1.807, 2.05) is 19.9 Å². The number of aromatic amines is 1. The fourth-order valence-electron chi connectivity index (χ4n) is 2.03. The van der Waals surface area contributed by atoms with Gasteiger partial charge in [0.25, 0.3) is 5.91 Å². The number of nitrogens with one attached hydrogen (secondary N) is 2. The van der Waals surface area contributed by atoms with Gasteiger partial charge in [-0.3, -0.25) is 10.1 Å². The van der Waals surface area contributed by atoms with Crippen LogP contribution in [0.4, 0.5) is 11.6 Å². The minimum absolute atomic E-state index is 0.263. The van der Waals surface area contributed by atoms with Gasteiger partial charge < -0.3 is 15.2 Å². The van der Waals surface area contributed by atoms with Crippen LogP contribution in [-0.4, -0.2) is 16.0 Å². The maximum Gasteiger partial charge on any atom is 0.260 e. The van der Waals surface area contributed by atoms with Crippen molar-refractivity contribution >= 4 is 28.4 Å². The van der Waals surface area contributed by atoms with Gasteiger partial charge in [0.1, 0.15) is 0 Å². The zero-order chi connectivity index (χ0) is 14.3. The molecule has 1 aromatic carbocycles. The second kappa shape index (κ2) is 4.41. The molecular formula is C14H14N4O2. The summed E-state index contributed by atoms with van der Waals surface area (Å²) in [6, 6.07) is 5.38. The summed E-state index contributed by atoms with van der Waals surface area (Å²) in [6.07, 6.45) is 1.65. The molecule has 2 heterocycles. The SMILES string of the molecule is Cc1noc(NC(=O)c2c[nH]c3ccc(N)cc23)c1C. The second-order valence-corrected chi connectivity index (χ2v) is 4.68. The van der Waals surface area contributed by atoms with Gasteiger partial charge in [-0.2, -0.15) is 0 Å². The second-order valence-electron chi connectivity index (χ2n) is 4.68. The van der Waals surface area contributed by atoms with Crippen molar-refractivity contribution in [3.05, 3.63) is 41.2 Å². The van der Waals surface area contributed by atoms with Crippen LogP contribution in [0.1, 0.15) is 21.6 Å². The predicted molar refractivity (Wildman–Crippen MR) is 76.6 cm³/mol. The van der Waals surface area contributed by atoms with E-state index in [1.54, 1.807) is 18.3 Å². The highest BCUT2D eigenvalue weighted by Crippen LogP contribution is 2.23. The summed E-state index contributed by atoms with van der Waals surface area (Å²) in [5, 5.41) is 7.30. The molecule has 3 aromatic rings. The van der Waals surface area contributed by atoms with E-state index in [1.165, 1.54) is 0 Å². The summed E-state index contributed by atoms with van der Waals surface area (Å²) in [4.78, 5) is 15.3. The number of benzene rings is 1. The monoisotopic (exact) mass is 270 g/mol. The van der Waals surface area contributed by atoms with Crippen molar-refractivity contribution in [2.45, 2.75) is 13.8 Å². The molecule has 20 heavy (non-hydrogen) atoms. The number of rotatable bonds is 2. The van der Waals surface area contributed by atoms with Crippen molar-refractivity contribution in [1.29, 1.82) is 0 Å². The zero-order valence-electron chi connectivity index (χ0n) is 11.2. The number of nitrogens with two attached hydrogens (primary N) is 1. The Bertz CT molecular complexity index is 801. The van der Waals surface area contributed by atoms with E-state index in [2.05, 4.69) is 15.5 Å². The number of fused-ring (bicyclic) bond motifs is 1. The molecule has 6 heteroatoms. The Morgan fingerprint density at radius 3 is 2.90 bits per heavy atom. The van der Waals surface area contributed by atoms with Crippen LogP contribution in [0.3, 0.4) is 0 Å². The number of amides is 1. The van der Waals surface area contributed by atoms with Gasteiger partial charge in [0.15, 0.2) is 0 Å². The first-order valence-electron chi connectivity index (χ1n) is 6.17.